The highest BCUT2D eigenvalue weighted by Gasteiger charge is 2.07. The molecule has 0 spiro atoms. The smallest absolute Gasteiger partial charge is 0.190 e. The number of pyridine rings is 1. The fraction of sp³-hybridized carbons (Fsp3) is 0.250. The van der Waals surface area contributed by atoms with Gasteiger partial charge in [-0.05, 0) is 32.2 Å². The summed E-state index contributed by atoms with van der Waals surface area (Å²) in [5.41, 5.74) is 2.08. The van der Waals surface area contributed by atoms with Gasteiger partial charge in [0, 0.05) is 23.0 Å². The van der Waals surface area contributed by atoms with Crippen molar-refractivity contribution in [1.82, 2.24) is 10.3 Å². The minimum atomic E-state index is -0.0196. The first-order valence-corrected chi connectivity index (χ1v) is 7.94. The number of aromatic amines is 1. The molecule has 0 saturated carbocycles. The summed E-state index contributed by atoms with van der Waals surface area (Å²) in [7, 11) is 0. The summed E-state index contributed by atoms with van der Waals surface area (Å²) in [4.78, 5) is 19.8. The number of benzene rings is 1. The zero-order valence-corrected chi connectivity index (χ0v) is 13.3. The van der Waals surface area contributed by atoms with E-state index in [9.17, 15) is 4.79 Å². The molecule has 2 rings (SSSR count). The van der Waals surface area contributed by atoms with Gasteiger partial charge in [-0.1, -0.05) is 30.5 Å². The van der Waals surface area contributed by atoms with E-state index in [1.165, 1.54) is 11.8 Å². The molecule has 0 aliphatic carbocycles. The first-order valence-electron chi connectivity index (χ1n) is 6.71. The maximum Gasteiger partial charge on any atom is 0.190 e. The van der Waals surface area contributed by atoms with E-state index in [2.05, 4.69) is 21.9 Å². The minimum Gasteiger partial charge on any atom is -0.353 e. The van der Waals surface area contributed by atoms with Crippen molar-refractivity contribution in [1.29, 1.82) is 0 Å². The maximum atomic E-state index is 12.1. The van der Waals surface area contributed by atoms with Crippen LogP contribution in [0.5, 0.6) is 0 Å². The summed E-state index contributed by atoms with van der Waals surface area (Å²) in [6, 6.07) is 9.19. The molecule has 110 valence electrons. The normalized spacial score (nSPS) is 11.9. The number of amidine groups is 1. The molecule has 1 aromatic heterocycles. The average molecular weight is 301 g/mol. The monoisotopic (exact) mass is 301 g/mol. The number of hydrogen-bond acceptors (Lipinski definition) is 3. The third-order valence-electron chi connectivity index (χ3n) is 2.89. The highest BCUT2D eigenvalue weighted by Crippen LogP contribution is 2.12. The molecule has 0 amide bonds. The van der Waals surface area contributed by atoms with E-state index in [0.29, 0.717) is 16.8 Å². The Hall–Kier alpha value is -2.01. The molecule has 0 aliphatic rings. The van der Waals surface area contributed by atoms with E-state index in [4.69, 9.17) is 0 Å². The zero-order chi connectivity index (χ0) is 15.4. The molecular formula is C16H19N3OS. The van der Waals surface area contributed by atoms with Crippen molar-refractivity contribution in [3.05, 3.63) is 52.8 Å². The predicted molar refractivity (Wildman–Crippen MR) is 92.8 cm³/mol. The molecule has 4 nitrogen and oxygen atoms in total. The third-order valence-corrected chi connectivity index (χ3v) is 3.48. The van der Waals surface area contributed by atoms with Gasteiger partial charge >= 0.3 is 0 Å². The molecule has 1 heterocycles. The molecule has 0 unspecified atom stereocenters. The number of nitrogens with zero attached hydrogens (tertiary/aromatic N) is 1. The van der Waals surface area contributed by atoms with Crippen LogP contribution in [0.15, 0.2) is 46.7 Å². The topological polar surface area (TPSA) is 57.2 Å². The largest absolute Gasteiger partial charge is 0.353 e. The van der Waals surface area contributed by atoms with Gasteiger partial charge in [0.05, 0.1) is 11.4 Å². The zero-order valence-electron chi connectivity index (χ0n) is 12.4. The Bertz CT molecular complexity index is 747. The predicted octanol–water partition coefficient (Wildman–Crippen LogP) is 3.22. The number of aromatic nitrogens is 1. The van der Waals surface area contributed by atoms with Gasteiger partial charge in [-0.3, -0.25) is 9.79 Å². The van der Waals surface area contributed by atoms with Gasteiger partial charge in [-0.25, -0.2) is 0 Å². The third kappa shape index (κ3) is 3.76. The first kappa shape index (κ1) is 15.4. The highest BCUT2D eigenvalue weighted by atomic mass is 32.2. The summed E-state index contributed by atoms with van der Waals surface area (Å²) in [5, 5.41) is 4.61. The van der Waals surface area contributed by atoms with Gasteiger partial charge in [0.1, 0.15) is 0 Å². The van der Waals surface area contributed by atoms with Crippen LogP contribution >= 0.6 is 11.8 Å². The molecule has 0 radical (unpaired) electrons. The molecule has 0 saturated heterocycles. The van der Waals surface area contributed by atoms with Gasteiger partial charge in [0.25, 0.3) is 0 Å². The lowest BCUT2D eigenvalue weighted by molar-refractivity contribution is 0.834. The van der Waals surface area contributed by atoms with Crippen molar-refractivity contribution in [3.8, 4) is 0 Å². The van der Waals surface area contributed by atoms with Gasteiger partial charge < -0.3 is 10.3 Å². The second kappa shape index (κ2) is 6.63. The molecule has 2 aromatic rings. The fourth-order valence-electron chi connectivity index (χ4n) is 1.93. The molecule has 0 bridgehead atoms. The Morgan fingerprint density at radius 3 is 2.76 bits per heavy atom. The summed E-state index contributed by atoms with van der Waals surface area (Å²) in [6.45, 7) is 8.02. The Morgan fingerprint density at radius 1 is 1.38 bits per heavy atom. The number of thioether (sulfide) groups is 1. The second-order valence-corrected chi connectivity index (χ2v) is 5.72. The van der Waals surface area contributed by atoms with Crippen LogP contribution in [-0.4, -0.2) is 22.4 Å². The Balaban J connectivity index is 2.34. The summed E-state index contributed by atoms with van der Waals surface area (Å²) < 4.78 is 0. The summed E-state index contributed by atoms with van der Waals surface area (Å²) in [6.07, 6.45) is 1.95. The lowest BCUT2D eigenvalue weighted by Crippen LogP contribution is -2.21. The van der Waals surface area contributed by atoms with Crippen LogP contribution < -0.4 is 10.7 Å². The van der Waals surface area contributed by atoms with E-state index >= 15 is 0 Å². The van der Waals surface area contributed by atoms with Crippen molar-refractivity contribution in [2.75, 3.05) is 6.26 Å². The number of para-hydroxylation sites is 1. The molecule has 0 aliphatic heterocycles. The fourth-order valence-corrected chi connectivity index (χ4v) is 2.47. The number of nitrogens with one attached hydrogen (secondary N) is 2. The van der Waals surface area contributed by atoms with Crippen LogP contribution in [0.3, 0.4) is 0 Å². The molecular weight excluding hydrogens is 282 g/mol. The maximum absolute atomic E-state index is 12.1. The van der Waals surface area contributed by atoms with Crippen molar-refractivity contribution < 1.29 is 0 Å². The number of rotatable bonds is 3. The van der Waals surface area contributed by atoms with Gasteiger partial charge in [0.2, 0.25) is 0 Å². The molecule has 5 heteroatoms. The van der Waals surface area contributed by atoms with Crippen LogP contribution in [0.4, 0.5) is 0 Å². The van der Waals surface area contributed by atoms with Gasteiger partial charge in [0.15, 0.2) is 10.6 Å². The van der Waals surface area contributed by atoms with Crippen LogP contribution in [-0.2, 0) is 0 Å². The van der Waals surface area contributed by atoms with Crippen LogP contribution in [0.25, 0.3) is 16.6 Å². The van der Waals surface area contributed by atoms with Crippen LogP contribution in [0.1, 0.15) is 19.5 Å². The molecule has 2 N–H and O–H groups in total. The lowest BCUT2D eigenvalue weighted by Gasteiger charge is -2.12. The molecule has 0 atom stereocenters. The summed E-state index contributed by atoms with van der Waals surface area (Å²) >= 11 is 1.52. The average Bonchev–Trinajstić information content (AvgIpc) is 2.46. The van der Waals surface area contributed by atoms with Gasteiger partial charge in [-0.2, -0.15) is 0 Å². The number of hydrogen-bond donors (Lipinski definition) is 2. The van der Waals surface area contributed by atoms with E-state index < -0.39 is 0 Å². The molecule has 21 heavy (non-hydrogen) atoms. The summed E-state index contributed by atoms with van der Waals surface area (Å²) in [5.74, 6) is 0. The Morgan fingerprint density at radius 2 is 2.10 bits per heavy atom. The lowest BCUT2D eigenvalue weighted by atomic mass is 10.2. The molecule has 1 aromatic carbocycles. The molecule has 0 fully saturated rings. The second-order valence-electron chi connectivity index (χ2n) is 4.93. The first-order chi connectivity index (χ1) is 10.0. The van der Waals surface area contributed by atoms with Crippen LogP contribution in [0, 0.1) is 0 Å². The number of aliphatic imine (C=N–C) groups is 1. The SMILES string of the molecule is C=C(NC(=NC(C)C)SC)c1cc(=O)c2ccccc2[nH]1. The van der Waals surface area contributed by atoms with Crippen LogP contribution in [0.2, 0.25) is 0 Å². The van der Waals surface area contributed by atoms with Crippen molar-refractivity contribution in [3.63, 3.8) is 0 Å². The van der Waals surface area contributed by atoms with Crippen molar-refractivity contribution >= 4 is 33.5 Å². The Labute approximate surface area is 128 Å². The van der Waals surface area contributed by atoms with Gasteiger partial charge in [-0.15, -0.1) is 0 Å². The number of H-pyrrole nitrogens is 1. The van der Waals surface area contributed by atoms with Crippen molar-refractivity contribution in [2.45, 2.75) is 19.9 Å². The highest BCUT2D eigenvalue weighted by molar-refractivity contribution is 8.13. The standard InChI is InChI=1S/C16H19N3OS/c1-10(2)17-16(21-4)18-11(3)14-9-15(20)12-7-5-6-8-13(12)19-14/h5-10H,3H2,1-2,4H3,(H,17,18)(H,19,20). The number of fused-ring (bicyclic) bond motifs is 1. The van der Waals surface area contributed by atoms with Crippen molar-refractivity contribution in [2.24, 2.45) is 4.99 Å². The minimum absolute atomic E-state index is 0.0196. The van der Waals surface area contributed by atoms with E-state index in [1.54, 1.807) is 6.07 Å². The van der Waals surface area contributed by atoms with E-state index in [1.807, 2.05) is 44.4 Å². The van der Waals surface area contributed by atoms with E-state index in [0.717, 1.165) is 10.7 Å². The Kier molecular flexibility index (Phi) is 4.85. The van der Waals surface area contributed by atoms with E-state index in [-0.39, 0.29) is 11.5 Å². The quantitative estimate of drug-likeness (QED) is 0.676.